The molecule has 0 spiro atoms. The van der Waals surface area contributed by atoms with E-state index in [9.17, 15) is 19.5 Å². The summed E-state index contributed by atoms with van der Waals surface area (Å²) in [4.78, 5) is 39.4. The molecule has 0 bridgehead atoms. The lowest BCUT2D eigenvalue weighted by Crippen LogP contribution is -2.23. The van der Waals surface area contributed by atoms with E-state index in [1.807, 2.05) is 19.1 Å². The van der Waals surface area contributed by atoms with Gasteiger partial charge in [-0.1, -0.05) is 24.3 Å². The van der Waals surface area contributed by atoms with Crippen molar-refractivity contribution < 1.29 is 23.8 Å². The van der Waals surface area contributed by atoms with Crippen LogP contribution in [-0.4, -0.2) is 22.8 Å². The molecule has 1 aliphatic carbocycles. The van der Waals surface area contributed by atoms with Crippen LogP contribution in [0.2, 0.25) is 0 Å². The molecule has 2 aromatic carbocycles. The Bertz CT molecular complexity index is 1380. The van der Waals surface area contributed by atoms with Crippen molar-refractivity contribution in [3.8, 4) is 5.75 Å². The quantitative estimate of drug-likeness (QED) is 0.405. The second-order valence-electron chi connectivity index (χ2n) is 7.82. The number of aromatic hydroxyl groups is 1. The van der Waals surface area contributed by atoms with Crippen LogP contribution < -0.4 is 5.43 Å². The molecule has 6 heteroatoms. The number of phenolic OH excluding ortho intramolecular Hbond substituents is 1. The highest BCUT2D eigenvalue weighted by atomic mass is 16.6. The number of hydrogen-bond donors (Lipinski definition) is 1. The number of aryl methyl sites for hydroxylation is 1. The van der Waals surface area contributed by atoms with Crippen LogP contribution in [0, 0.1) is 6.92 Å². The Morgan fingerprint density at radius 1 is 1.07 bits per heavy atom. The predicted octanol–water partition coefficient (Wildman–Crippen LogP) is 3.77. The van der Waals surface area contributed by atoms with Crippen molar-refractivity contribution in [1.29, 1.82) is 0 Å². The van der Waals surface area contributed by atoms with E-state index in [0.717, 1.165) is 0 Å². The fraction of sp³-hybridized carbons (Fsp3) is 0.208. The number of ether oxygens (including phenoxy) is 1. The van der Waals surface area contributed by atoms with Gasteiger partial charge in [-0.3, -0.25) is 14.4 Å². The topological polar surface area (TPSA) is 97.1 Å². The van der Waals surface area contributed by atoms with E-state index in [1.165, 1.54) is 24.3 Å². The molecule has 1 fully saturated rings. The Hall–Kier alpha value is -3.51. The van der Waals surface area contributed by atoms with Gasteiger partial charge in [-0.2, -0.15) is 0 Å². The highest BCUT2D eigenvalue weighted by molar-refractivity contribution is 6.32. The molecule has 1 N–H and O–H groups in total. The molecule has 30 heavy (non-hydrogen) atoms. The highest BCUT2D eigenvalue weighted by Crippen LogP contribution is 2.47. The molecule has 0 unspecified atom stereocenters. The van der Waals surface area contributed by atoms with Crippen molar-refractivity contribution in [3.63, 3.8) is 0 Å². The summed E-state index contributed by atoms with van der Waals surface area (Å²) in [6, 6.07) is 7.30. The third kappa shape index (κ3) is 2.31. The first-order valence-corrected chi connectivity index (χ1v) is 9.62. The maximum Gasteiger partial charge on any atom is 0.202 e. The summed E-state index contributed by atoms with van der Waals surface area (Å²) in [5.74, 6) is -0.933. The van der Waals surface area contributed by atoms with Gasteiger partial charge in [0.2, 0.25) is 5.78 Å². The Morgan fingerprint density at radius 2 is 1.83 bits per heavy atom. The van der Waals surface area contributed by atoms with Crippen molar-refractivity contribution >= 4 is 22.5 Å². The zero-order valence-electron chi connectivity index (χ0n) is 16.6. The van der Waals surface area contributed by atoms with Gasteiger partial charge in [0.1, 0.15) is 23.2 Å². The highest BCUT2D eigenvalue weighted by Gasteiger charge is 2.54. The second kappa shape index (κ2) is 6.00. The second-order valence-corrected chi connectivity index (χ2v) is 7.82. The summed E-state index contributed by atoms with van der Waals surface area (Å²) in [5.41, 5.74) is -0.319. The van der Waals surface area contributed by atoms with Crippen LogP contribution in [0.3, 0.4) is 0 Å². The van der Waals surface area contributed by atoms with E-state index in [2.05, 4.69) is 0 Å². The van der Waals surface area contributed by atoms with Crippen LogP contribution in [-0.2, 0) is 10.3 Å². The first-order chi connectivity index (χ1) is 14.3. The molecule has 1 aromatic heterocycles. The van der Waals surface area contributed by atoms with Gasteiger partial charge in [-0.25, -0.2) is 0 Å². The Labute approximate surface area is 171 Å². The zero-order chi connectivity index (χ0) is 21.4. The number of rotatable bonds is 2. The first kappa shape index (κ1) is 18.5. The van der Waals surface area contributed by atoms with Gasteiger partial charge >= 0.3 is 0 Å². The van der Waals surface area contributed by atoms with Crippen LogP contribution in [0.15, 0.2) is 51.7 Å². The lowest BCUT2D eigenvalue weighted by atomic mass is 9.81. The summed E-state index contributed by atoms with van der Waals surface area (Å²) >= 11 is 0. The summed E-state index contributed by atoms with van der Waals surface area (Å²) in [7, 11) is 0. The van der Waals surface area contributed by atoms with E-state index in [1.54, 1.807) is 19.9 Å². The van der Waals surface area contributed by atoms with Crippen molar-refractivity contribution in [3.05, 3.63) is 86.3 Å². The minimum atomic E-state index is -0.821. The summed E-state index contributed by atoms with van der Waals surface area (Å²) in [5, 5.41) is 10.5. The number of benzene rings is 2. The normalized spacial score (nSPS) is 22.4. The number of phenols is 1. The molecule has 0 radical (unpaired) electrons. The van der Waals surface area contributed by atoms with E-state index < -0.39 is 17.2 Å². The van der Waals surface area contributed by atoms with Crippen molar-refractivity contribution in [2.75, 3.05) is 0 Å². The standard InChI is InChI=1S/C24H18O6/c1-4-6-16-24(3,30-16)17-10-15(26)18-11(2)9-13-20(23(18)29-17)22(28)19-12(21(13)27)7-5-8-14(19)25/h4-10,16,25H,1-3H3/t16-,24+/m1/s1. The maximum absolute atomic E-state index is 13.3. The smallest absolute Gasteiger partial charge is 0.202 e. The van der Waals surface area contributed by atoms with Crippen molar-refractivity contribution in [2.24, 2.45) is 0 Å². The molecule has 2 atom stereocenters. The van der Waals surface area contributed by atoms with Crippen LogP contribution >= 0.6 is 0 Å². The van der Waals surface area contributed by atoms with E-state index in [-0.39, 0.29) is 50.5 Å². The molecule has 150 valence electrons. The molecular formula is C24H18O6. The van der Waals surface area contributed by atoms with Gasteiger partial charge in [-0.05, 0) is 38.5 Å². The molecule has 0 saturated carbocycles. The SMILES string of the molecule is CC=C[C@H]1O[C@]1(C)c1cc(=O)c2c(C)cc3c(c2o1)C(=O)c1c(O)cccc1C3=O. The molecule has 1 aliphatic heterocycles. The average Bonchev–Trinajstić information content (AvgIpc) is 3.36. The number of ketones is 2. The Kier molecular flexibility index (Phi) is 3.70. The largest absolute Gasteiger partial charge is 0.507 e. The summed E-state index contributed by atoms with van der Waals surface area (Å²) in [6.45, 7) is 5.37. The van der Waals surface area contributed by atoms with Gasteiger partial charge in [0.05, 0.1) is 16.5 Å². The minimum absolute atomic E-state index is 0.000355. The third-order valence-electron chi connectivity index (χ3n) is 5.90. The molecule has 3 aromatic rings. The number of carbonyl (C=O) groups is 2. The molecule has 0 amide bonds. The number of epoxide rings is 1. The number of carbonyl (C=O) groups excluding carboxylic acids is 2. The monoisotopic (exact) mass is 402 g/mol. The van der Waals surface area contributed by atoms with Gasteiger partial charge in [0.15, 0.2) is 16.8 Å². The zero-order valence-corrected chi connectivity index (χ0v) is 16.6. The fourth-order valence-electron chi connectivity index (χ4n) is 4.24. The number of allylic oxidation sites excluding steroid dienone is 1. The first-order valence-electron chi connectivity index (χ1n) is 9.62. The van der Waals surface area contributed by atoms with Crippen molar-refractivity contribution in [1.82, 2.24) is 0 Å². The molecule has 5 rings (SSSR count). The van der Waals surface area contributed by atoms with Gasteiger partial charge in [-0.15, -0.1) is 0 Å². The van der Waals surface area contributed by atoms with Gasteiger partial charge in [0, 0.05) is 17.2 Å². The molecule has 2 aliphatic rings. The lowest BCUT2D eigenvalue weighted by Gasteiger charge is -2.20. The van der Waals surface area contributed by atoms with Gasteiger partial charge < -0.3 is 14.3 Å². The van der Waals surface area contributed by atoms with Gasteiger partial charge in [0.25, 0.3) is 0 Å². The van der Waals surface area contributed by atoms with E-state index in [0.29, 0.717) is 11.3 Å². The van der Waals surface area contributed by atoms with E-state index >= 15 is 0 Å². The Balaban J connectivity index is 1.84. The Morgan fingerprint density at radius 3 is 2.57 bits per heavy atom. The summed E-state index contributed by atoms with van der Waals surface area (Å²) < 4.78 is 11.8. The van der Waals surface area contributed by atoms with E-state index in [4.69, 9.17) is 9.15 Å². The number of fused-ring (bicyclic) bond motifs is 4. The molecule has 1 saturated heterocycles. The fourth-order valence-corrected chi connectivity index (χ4v) is 4.24. The molecule has 6 nitrogen and oxygen atoms in total. The molecule has 2 heterocycles. The predicted molar refractivity (Wildman–Crippen MR) is 109 cm³/mol. The maximum atomic E-state index is 13.3. The van der Waals surface area contributed by atoms with Crippen LogP contribution in [0.4, 0.5) is 0 Å². The van der Waals surface area contributed by atoms with Crippen molar-refractivity contribution in [2.45, 2.75) is 32.5 Å². The van der Waals surface area contributed by atoms with Crippen LogP contribution in [0.25, 0.3) is 11.0 Å². The third-order valence-corrected chi connectivity index (χ3v) is 5.90. The number of hydrogen-bond acceptors (Lipinski definition) is 6. The lowest BCUT2D eigenvalue weighted by molar-refractivity contribution is 0.0977. The molecular weight excluding hydrogens is 384 g/mol. The minimum Gasteiger partial charge on any atom is -0.507 e. The summed E-state index contributed by atoms with van der Waals surface area (Å²) in [6.07, 6.45) is 3.47. The van der Waals surface area contributed by atoms with Crippen LogP contribution in [0.1, 0.15) is 57.0 Å². The van der Waals surface area contributed by atoms with Crippen LogP contribution in [0.5, 0.6) is 5.75 Å². The average molecular weight is 402 g/mol.